The molecule has 0 fully saturated rings. The van der Waals surface area contributed by atoms with Crippen LogP contribution in [0, 0.1) is 0 Å². The molecule has 0 saturated carbocycles. The third-order valence-corrected chi connectivity index (χ3v) is 4.64. The Bertz CT molecular complexity index is 1300. The lowest BCUT2D eigenvalue weighted by molar-refractivity contribution is -0.121. The number of phenols is 1. The summed E-state index contributed by atoms with van der Waals surface area (Å²) in [5.74, 6) is -0.00473. The predicted molar refractivity (Wildman–Crippen MR) is 113 cm³/mol. The number of carbonyl (C=O) groups excluding carboxylic acids is 1. The van der Waals surface area contributed by atoms with Crippen molar-refractivity contribution in [2.45, 2.75) is 6.54 Å². The zero-order valence-corrected chi connectivity index (χ0v) is 16.9. The first-order chi connectivity index (χ1) is 15.0. The quantitative estimate of drug-likeness (QED) is 0.304. The van der Waals surface area contributed by atoms with Crippen LogP contribution < -0.4 is 15.9 Å². The third kappa shape index (κ3) is 3.98. The van der Waals surface area contributed by atoms with Crippen molar-refractivity contribution >= 4 is 40.6 Å². The van der Waals surface area contributed by atoms with Gasteiger partial charge in [-0.1, -0.05) is 23.7 Å². The lowest BCUT2D eigenvalue weighted by Crippen LogP contribution is -2.23. The van der Waals surface area contributed by atoms with Crippen molar-refractivity contribution in [1.29, 1.82) is 0 Å². The summed E-state index contributed by atoms with van der Waals surface area (Å²) in [6.45, 7) is -0.112. The molecule has 158 valence electrons. The number of aromatic hydroxyl groups is 1. The second-order valence-corrected chi connectivity index (χ2v) is 6.76. The van der Waals surface area contributed by atoms with E-state index in [4.69, 9.17) is 22.1 Å². The zero-order valence-electron chi connectivity index (χ0n) is 16.1. The minimum atomic E-state index is -0.424. The number of ether oxygens (including phenoxy) is 1. The number of nitrogens with two attached hydrogens (primary N) is 1. The monoisotopic (exact) mass is 441 g/mol. The van der Waals surface area contributed by atoms with Crippen LogP contribution in [0.1, 0.15) is 5.56 Å². The van der Waals surface area contributed by atoms with Gasteiger partial charge in [0, 0.05) is 0 Å². The highest BCUT2D eigenvalue weighted by Gasteiger charge is 2.20. The Labute approximate surface area is 180 Å². The number of hydrogen-bond acceptors (Lipinski definition) is 9. The summed E-state index contributed by atoms with van der Waals surface area (Å²) >= 11 is 5.95. The average molecular weight is 442 g/mol. The van der Waals surface area contributed by atoms with E-state index in [2.05, 4.69) is 30.5 Å². The number of benzene rings is 2. The molecule has 0 saturated heterocycles. The Balaban J connectivity index is 1.56. The number of fused-ring (bicyclic) bond motifs is 1. The zero-order chi connectivity index (χ0) is 22.0. The molecular weight excluding hydrogens is 426 g/mol. The molecule has 2 heterocycles. The van der Waals surface area contributed by atoms with Crippen LogP contribution >= 0.6 is 11.6 Å². The fourth-order valence-corrected chi connectivity index (χ4v) is 3.17. The van der Waals surface area contributed by atoms with Gasteiger partial charge in [-0.3, -0.25) is 4.79 Å². The van der Waals surface area contributed by atoms with E-state index in [0.29, 0.717) is 22.4 Å². The number of hydrogen-bond donors (Lipinski definition) is 3. The summed E-state index contributed by atoms with van der Waals surface area (Å²) in [5.41, 5.74) is 10.4. The molecule has 4 N–H and O–H groups in total. The van der Waals surface area contributed by atoms with Crippen LogP contribution in [0.5, 0.6) is 11.5 Å². The van der Waals surface area contributed by atoms with E-state index >= 15 is 0 Å². The van der Waals surface area contributed by atoms with Crippen LogP contribution in [0.4, 0.5) is 5.82 Å². The molecule has 0 aliphatic carbocycles. The normalized spacial score (nSPS) is 11.3. The number of aromatic nitrogens is 4. The van der Waals surface area contributed by atoms with Crippen LogP contribution in [0.3, 0.4) is 0 Å². The summed E-state index contributed by atoms with van der Waals surface area (Å²) in [6.07, 6.45) is 1.37. The smallest absolute Gasteiger partial charge is 0.260 e. The maximum atomic E-state index is 12.5. The molecule has 1 amide bonds. The molecule has 2 aromatic heterocycles. The van der Waals surface area contributed by atoms with E-state index in [-0.39, 0.29) is 34.6 Å². The molecule has 0 atom stereocenters. The Kier molecular flexibility index (Phi) is 5.41. The predicted octanol–water partition coefficient (Wildman–Crippen LogP) is 2.19. The number of methoxy groups -OCH3 is 1. The van der Waals surface area contributed by atoms with Gasteiger partial charge in [0.2, 0.25) is 0 Å². The first-order valence-electron chi connectivity index (χ1n) is 8.90. The van der Waals surface area contributed by atoms with Gasteiger partial charge in [-0.25, -0.2) is 15.0 Å². The largest absolute Gasteiger partial charge is 0.503 e. The number of anilines is 1. The van der Waals surface area contributed by atoms with E-state index in [9.17, 15) is 9.90 Å². The second-order valence-electron chi connectivity index (χ2n) is 6.36. The number of nitrogens with zero attached hydrogens (tertiary/aromatic N) is 5. The first-order valence-corrected chi connectivity index (χ1v) is 9.27. The topological polar surface area (TPSA) is 154 Å². The standard InChI is InChI=1S/C19H16ClN7O4/c1-30-14-7-10(6-11(20)17(14)29)8-22-24-15(28)9-27-13-5-3-2-4-12(13)23-19(27)16-18(21)26-31-25-16/h2-8,29H,9H2,1H3,(H2,21,26)(H,24,28)/b22-8+. The Morgan fingerprint density at radius 3 is 2.94 bits per heavy atom. The summed E-state index contributed by atoms with van der Waals surface area (Å²) in [4.78, 5) is 17.0. The number of carbonyl (C=O) groups is 1. The molecule has 12 heteroatoms. The van der Waals surface area contributed by atoms with Gasteiger partial charge in [-0.15, -0.1) is 0 Å². The molecule has 2 aromatic carbocycles. The van der Waals surface area contributed by atoms with E-state index in [1.807, 2.05) is 18.2 Å². The van der Waals surface area contributed by atoms with Gasteiger partial charge >= 0.3 is 0 Å². The highest BCUT2D eigenvalue weighted by atomic mass is 35.5. The van der Waals surface area contributed by atoms with Gasteiger partial charge in [0.15, 0.2) is 28.8 Å². The average Bonchev–Trinajstić information content (AvgIpc) is 3.33. The minimum Gasteiger partial charge on any atom is -0.503 e. The molecule has 0 aliphatic rings. The highest BCUT2D eigenvalue weighted by molar-refractivity contribution is 6.32. The van der Waals surface area contributed by atoms with Crippen molar-refractivity contribution in [2.75, 3.05) is 12.8 Å². The Morgan fingerprint density at radius 2 is 2.19 bits per heavy atom. The van der Waals surface area contributed by atoms with Gasteiger partial charge in [0.1, 0.15) is 6.54 Å². The van der Waals surface area contributed by atoms with Crippen LogP contribution in [0.2, 0.25) is 5.02 Å². The number of hydrazone groups is 1. The fraction of sp³-hybridized carbons (Fsp3) is 0.105. The summed E-state index contributed by atoms with van der Waals surface area (Å²) in [6, 6.07) is 10.3. The molecule has 0 unspecified atom stereocenters. The summed E-state index contributed by atoms with van der Waals surface area (Å²) in [7, 11) is 1.40. The number of amides is 1. The van der Waals surface area contributed by atoms with Crippen LogP contribution in [-0.2, 0) is 11.3 Å². The number of nitrogen functional groups attached to an aromatic ring is 1. The third-order valence-electron chi connectivity index (χ3n) is 4.36. The van der Waals surface area contributed by atoms with Crippen molar-refractivity contribution in [1.82, 2.24) is 25.3 Å². The lowest BCUT2D eigenvalue weighted by Gasteiger charge is -2.07. The molecule has 0 aliphatic heterocycles. The van der Waals surface area contributed by atoms with Crippen molar-refractivity contribution in [2.24, 2.45) is 5.10 Å². The molecule has 0 spiro atoms. The van der Waals surface area contributed by atoms with Gasteiger partial charge in [-0.2, -0.15) is 5.10 Å². The number of halogens is 1. The summed E-state index contributed by atoms with van der Waals surface area (Å²) in [5, 5.41) is 21.2. The first kappa shape index (κ1) is 20.2. The minimum absolute atomic E-state index is 0.0631. The van der Waals surface area contributed by atoms with Crippen LogP contribution in [0.25, 0.3) is 22.6 Å². The number of nitrogens with one attached hydrogen (secondary N) is 1. The Hall–Kier alpha value is -4.12. The van der Waals surface area contributed by atoms with Gasteiger partial charge in [0.25, 0.3) is 5.91 Å². The SMILES string of the molecule is COc1cc(/C=N/NC(=O)Cn2c(-c3nonc3N)nc3ccccc32)cc(Cl)c1O. The lowest BCUT2D eigenvalue weighted by atomic mass is 10.2. The van der Waals surface area contributed by atoms with E-state index < -0.39 is 5.91 Å². The molecule has 4 aromatic rings. The number of para-hydroxylation sites is 2. The van der Waals surface area contributed by atoms with Crippen molar-refractivity contribution < 1.29 is 19.3 Å². The molecule has 31 heavy (non-hydrogen) atoms. The van der Waals surface area contributed by atoms with Crippen LogP contribution in [0.15, 0.2) is 46.1 Å². The van der Waals surface area contributed by atoms with Crippen LogP contribution in [-0.4, -0.2) is 44.2 Å². The van der Waals surface area contributed by atoms with E-state index in [1.54, 1.807) is 10.6 Å². The van der Waals surface area contributed by atoms with Gasteiger partial charge in [0.05, 0.1) is 29.4 Å². The molecule has 0 bridgehead atoms. The number of imidazole rings is 1. The molecule has 0 radical (unpaired) electrons. The van der Waals surface area contributed by atoms with Crippen molar-refractivity contribution in [3.8, 4) is 23.0 Å². The van der Waals surface area contributed by atoms with Crippen molar-refractivity contribution in [3.05, 3.63) is 47.0 Å². The molecular formula is C19H16ClN7O4. The maximum absolute atomic E-state index is 12.5. The van der Waals surface area contributed by atoms with Crippen molar-refractivity contribution in [3.63, 3.8) is 0 Å². The molecule has 4 rings (SSSR count). The van der Waals surface area contributed by atoms with E-state index in [1.165, 1.54) is 25.5 Å². The van der Waals surface area contributed by atoms with Gasteiger partial charge < -0.3 is 20.1 Å². The van der Waals surface area contributed by atoms with Gasteiger partial charge in [-0.05, 0) is 40.1 Å². The van der Waals surface area contributed by atoms with E-state index in [0.717, 1.165) is 0 Å². The Morgan fingerprint density at radius 1 is 1.39 bits per heavy atom. The second kappa shape index (κ2) is 8.32. The highest BCUT2D eigenvalue weighted by Crippen LogP contribution is 2.34. The number of rotatable bonds is 6. The number of phenolic OH excluding ortho intramolecular Hbond substituents is 1. The molecule has 11 nitrogen and oxygen atoms in total. The maximum Gasteiger partial charge on any atom is 0.260 e. The fourth-order valence-electron chi connectivity index (χ4n) is 2.95. The summed E-state index contributed by atoms with van der Waals surface area (Å²) < 4.78 is 11.3.